The van der Waals surface area contributed by atoms with E-state index in [0.29, 0.717) is 0 Å². The highest BCUT2D eigenvalue weighted by Gasteiger charge is 2.02. The molecule has 1 N–H and O–H groups in total. The summed E-state index contributed by atoms with van der Waals surface area (Å²) < 4.78 is 2.34. The summed E-state index contributed by atoms with van der Waals surface area (Å²) in [5.74, 6) is 1.09. The van der Waals surface area contributed by atoms with E-state index in [4.69, 9.17) is 0 Å². The molecular weight excluding hydrogens is 276 g/mol. The van der Waals surface area contributed by atoms with Gasteiger partial charge in [-0.3, -0.25) is 0 Å². The fourth-order valence-corrected chi connectivity index (χ4v) is 3.41. The van der Waals surface area contributed by atoms with Gasteiger partial charge in [0.1, 0.15) is 0 Å². The third kappa shape index (κ3) is 3.49. The molecule has 0 aliphatic heterocycles. The predicted molar refractivity (Wildman–Crippen MR) is 91.9 cm³/mol. The van der Waals surface area contributed by atoms with Gasteiger partial charge in [0, 0.05) is 35.5 Å². The molecule has 3 rings (SSSR count). The van der Waals surface area contributed by atoms with Crippen LogP contribution in [-0.2, 0) is 13.1 Å². The van der Waals surface area contributed by atoms with Crippen molar-refractivity contribution in [3.63, 3.8) is 0 Å². The van der Waals surface area contributed by atoms with E-state index in [1.165, 1.54) is 21.4 Å². The molecule has 108 valence electrons. The van der Waals surface area contributed by atoms with Crippen molar-refractivity contribution in [3.8, 4) is 0 Å². The monoisotopic (exact) mass is 296 g/mol. The minimum atomic E-state index is 0.922. The van der Waals surface area contributed by atoms with Crippen molar-refractivity contribution in [2.24, 2.45) is 0 Å². The Bertz CT molecular complexity index is 704. The van der Waals surface area contributed by atoms with Crippen LogP contribution >= 0.6 is 11.8 Å². The third-order valence-corrected chi connectivity index (χ3v) is 4.55. The lowest BCUT2D eigenvalue weighted by Gasteiger charge is -2.06. The normalized spacial score (nSPS) is 11.1. The molecule has 0 spiro atoms. The quantitative estimate of drug-likeness (QED) is 0.688. The zero-order chi connectivity index (χ0) is 14.5. The molecule has 0 unspecified atom stereocenters. The van der Waals surface area contributed by atoms with E-state index in [9.17, 15) is 0 Å². The number of aromatic nitrogens is 1. The molecule has 2 aromatic carbocycles. The maximum absolute atomic E-state index is 3.20. The van der Waals surface area contributed by atoms with E-state index in [1.54, 1.807) is 0 Å². The van der Waals surface area contributed by atoms with Crippen molar-refractivity contribution in [1.29, 1.82) is 0 Å². The van der Waals surface area contributed by atoms with Gasteiger partial charge in [-0.15, -0.1) is 11.8 Å². The number of nitrogens with one attached hydrogen (secondary N) is 1. The summed E-state index contributed by atoms with van der Waals surface area (Å²) >= 11 is 1.91. The second-order valence-corrected chi connectivity index (χ2v) is 6.26. The van der Waals surface area contributed by atoms with Gasteiger partial charge in [-0.1, -0.05) is 24.3 Å². The van der Waals surface area contributed by atoms with E-state index < -0.39 is 0 Å². The summed E-state index contributed by atoms with van der Waals surface area (Å²) in [5, 5.41) is 4.52. The summed E-state index contributed by atoms with van der Waals surface area (Å²) in [6.07, 6.45) is 2.19. The zero-order valence-corrected chi connectivity index (χ0v) is 13.1. The Morgan fingerprint density at radius 2 is 1.90 bits per heavy atom. The van der Waals surface area contributed by atoms with Crippen molar-refractivity contribution in [2.45, 2.75) is 18.0 Å². The predicted octanol–water partition coefficient (Wildman–Crippen LogP) is 4.15. The summed E-state index contributed by atoms with van der Waals surface area (Å²) in [6.45, 7) is 1.96. The number of rotatable bonds is 6. The Balaban J connectivity index is 1.67. The van der Waals surface area contributed by atoms with Crippen LogP contribution < -0.4 is 5.32 Å². The standard InChI is InChI=1S/C18H20N2S/c1-19-14-15-7-8-18-16(13-15)9-10-20(18)11-12-21-17-5-3-2-4-6-17/h2-10,13,19H,11-12,14H2,1H3. The Labute approximate surface area is 130 Å². The van der Waals surface area contributed by atoms with Crippen LogP contribution in [0, 0.1) is 0 Å². The van der Waals surface area contributed by atoms with Crippen molar-refractivity contribution < 1.29 is 0 Å². The number of hydrogen-bond donors (Lipinski definition) is 1. The van der Waals surface area contributed by atoms with E-state index in [2.05, 4.69) is 70.7 Å². The highest BCUT2D eigenvalue weighted by atomic mass is 32.2. The number of aryl methyl sites for hydroxylation is 1. The van der Waals surface area contributed by atoms with E-state index in [0.717, 1.165) is 18.8 Å². The van der Waals surface area contributed by atoms with Gasteiger partial charge in [-0.25, -0.2) is 0 Å². The second-order valence-electron chi connectivity index (χ2n) is 5.09. The second kappa shape index (κ2) is 6.83. The largest absolute Gasteiger partial charge is 0.347 e. The molecule has 0 atom stereocenters. The van der Waals surface area contributed by atoms with Crippen molar-refractivity contribution in [2.75, 3.05) is 12.8 Å². The molecule has 0 saturated carbocycles. The topological polar surface area (TPSA) is 17.0 Å². The van der Waals surface area contributed by atoms with Gasteiger partial charge in [0.2, 0.25) is 0 Å². The van der Waals surface area contributed by atoms with Gasteiger partial charge >= 0.3 is 0 Å². The first kappa shape index (κ1) is 14.2. The van der Waals surface area contributed by atoms with Gasteiger partial charge in [0.15, 0.2) is 0 Å². The lowest BCUT2D eigenvalue weighted by atomic mass is 10.1. The summed E-state index contributed by atoms with van der Waals surface area (Å²) in [7, 11) is 1.98. The zero-order valence-electron chi connectivity index (χ0n) is 12.3. The van der Waals surface area contributed by atoms with E-state index in [1.807, 2.05) is 18.8 Å². The molecule has 0 saturated heterocycles. The van der Waals surface area contributed by atoms with E-state index >= 15 is 0 Å². The molecule has 1 aromatic heterocycles. The van der Waals surface area contributed by atoms with Gasteiger partial charge in [-0.05, 0) is 48.3 Å². The summed E-state index contributed by atoms with van der Waals surface area (Å²) in [5.41, 5.74) is 2.66. The molecule has 2 nitrogen and oxygen atoms in total. The maximum atomic E-state index is 3.20. The van der Waals surface area contributed by atoms with Gasteiger partial charge in [0.05, 0.1) is 0 Å². The first-order valence-electron chi connectivity index (χ1n) is 7.27. The molecule has 0 amide bonds. The van der Waals surface area contributed by atoms with Crippen LogP contribution in [0.25, 0.3) is 10.9 Å². The van der Waals surface area contributed by atoms with Crippen LogP contribution in [0.4, 0.5) is 0 Å². The van der Waals surface area contributed by atoms with Crippen molar-refractivity contribution in [3.05, 3.63) is 66.4 Å². The van der Waals surface area contributed by atoms with Gasteiger partial charge in [0.25, 0.3) is 0 Å². The van der Waals surface area contributed by atoms with Crippen LogP contribution in [0.2, 0.25) is 0 Å². The Kier molecular flexibility index (Phi) is 4.63. The summed E-state index contributed by atoms with van der Waals surface area (Å²) in [6, 6.07) is 19.5. The molecular formula is C18H20N2S. The highest BCUT2D eigenvalue weighted by Crippen LogP contribution is 2.21. The van der Waals surface area contributed by atoms with Crippen molar-refractivity contribution >= 4 is 22.7 Å². The number of hydrogen-bond acceptors (Lipinski definition) is 2. The van der Waals surface area contributed by atoms with Crippen LogP contribution in [0.15, 0.2) is 65.7 Å². The first-order chi connectivity index (χ1) is 10.4. The maximum Gasteiger partial charge on any atom is 0.0480 e. The van der Waals surface area contributed by atoms with Crippen LogP contribution in [-0.4, -0.2) is 17.4 Å². The number of benzene rings is 2. The fourth-order valence-electron chi connectivity index (χ4n) is 2.54. The lowest BCUT2D eigenvalue weighted by molar-refractivity contribution is 0.805. The fraction of sp³-hybridized carbons (Fsp3) is 0.222. The minimum absolute atomic E-state index is 0.922. The Morgan fingerprint density at radius 3 is 2.71 bits per heavy atom. The first-order valence-corrected chi connectivity index (χ1v) is 8.25. The van der Waals surface area contributed by atoms with Crippen LogP contribution in [0.3, 0.4) is 0 Å². The lowest BCUT2D eigenvalue weighted by Crippen LogP contribution is -2.04. The third-order valence-electron chi connectivity index (χ3n) is 3.56. The molecule has 0 aliphatic carbocycles. The Hall–Kier alpha value is -1.71. The average molecular weight is 296 g/mol. The molecule has 3 heteroatoms. The highest BCUT2D eigenvalue weighted by molar-refractivity contribution is 7.99. The number of nitrogens with zero attached hydrogens (tertiary/aromatic N) is 1. The van der Waals surface area contributed by atoms with Gasteiger partial charge in [-0.2, -0.15) is 0 Å². The number of thioether (sulfide) groups is 1. The van der Waals surface area contributed by atoms with E-state index in [-0.39, 0.29) is 0 Å². The average Bonchev–Trinajstić information content (AvgIpc) is 2.91. The molecule has 1 heterocycles. The van der Waals surface area contributed by atoms with Crippen molar-refractivity contribution in [1.82, 2.24) is 9.88 Å². The SMILES string of the molecule is CNCc1ccc2c(ccn2CCSc2ccccc2)c1. The van der Waals surface area contributed by atoms with Crippen LogP contribution in [0.1, 0.15) is 5.56 Å². The molecule has 0 radical (unpaired) electrons. The van der Waals surface area contributed by atoms with Crippen LogP contribution in [0.5, 0.6) is 0 Å². The molecule has 0 aliphatic rings. The molecule has 21 heavy (non-hydrogen) atoms. The molecule has 3 aromatic rings. The minimum Gasteiger partial charge on any atom is -0.347 e. The summed E-state index contributed by atoms with van der Waals surface area (Å²) in [4.78, 5) is 1.34. The van der Waals surface area contributed by atoms with Gasteiger partial charge < -0.3 is 9.88 Å². The molecule has 0 fully saturated rings. The Morgan fingerprint density at radius 1 is 1.05 bits per heavy atom. The smallest absolute Gasteiger partial charge is 0.0480 e. The molecule has 0 bridgehead atoms. The number of fused-ring (bicyclic) bond motifs is 1.